The van der Waals surface area contributed by atoms with Gasteiger partial charge in [-0.3, -0.25) is 43.3 Å². The van der Waals surface area contributed by atoms with Crippen molar-refractivity contribution in [3.63, 3.8) is 0 Å². The van der Waals surface area contributed by atoms with E-state index >= 15 is 0 Å². The van der Waals surface area contributed by atoms with E-state index in [0.29, 0.717) is 104 Å². The van der Waals surface area contributed by atoms with Crippen molar-refractivity contribution < 1.29 is 73.1 Å². The third kappa shape index (κ3) is 50.3. The number of likely N-dealkylation sites (N-methyl/N-ethyl adjacent to an activating group) is 1. The van der Waals surface area contributed by atoms with E-state index in [0.717, 1.165) is 19.9 Å². The largest absolute Gasteiger partial charge is 0.481 e. The number of nitrogens with one attached hydrogen (secondary N) is 6. The number of aliphatic carboxylic acids is 1. The van der Waals surface area contributed by atoms with Gasteiger partial charge in [-0.1, -0.05) is 20.3 Å². The Kier molecular flexibility index (Phi) is 50.9. The van der Waals surface area contributed by atoms with Crippen molar-refractivity contribution in [1.29, 1.82) is 0 Å². The Morgan fingerprint density at radius 2 is 1.14 bits per heavy atom. The SMILES string of the molecule is CC(=O)NC(CCC(=O)O)C(=O)N[C@@H](CO)C(=O)NC(C=O)CCCCN.CC(=O)NC(CCCN=C(N)N)C(N)=O.CCC.CNCCOCCOCCOCCC(=O)NC(CCCCN=[NH2+])C(N)=O. The van der Waals surface area contributed by atoms with Gasteiger partial charge < -0.3 is 89.8 Å². The van der Waals surface area contributed by atoms with Gasteiger partial charge in [0, 0.05) is 39.8 Å². The lowest BCUT2D eigenvalue weighted by Crippen LogP contribution is -2.56. The average molecular weight is 1020 g/mol. The van der Waals surface area contributed by atoms with Crippen LogP contribution in [0.5, 0.6) is 0 Å². The fourth-order valence-corrected chi connectivity index (χ4v) is 5.23. The van der Waals surface area contributed by atoms with Crippen molar-refractivity contribution in [2.24, 2.45) is 38.8 Å². The number of carboxylic acids is 1. The molecule has 0 aromatic heterocycles. The molecule has 0 radical (unpaired) electrons. The van der Waals surface area contributed by atoms with Gasteiger partial charge in [-0.05, 0) is 76.5 Å². The van der Waals surface area contributed by atoms with E-state index < -0.39 is 72.3 Å². The minimum atomic E-state index is -1.35. The number of amides is 7. The van der Waals surface area contributed by atoms with Gasteiger partial charge in [0.1, 0.15) is 37.0 Å². The molecule has 0 aliphatic heterocycles. The van der Waals surface area contributed by atoms with Crippen LogP contribution in [0.2, 0.25) is 0 Å². The molecule has 0 rings (SSSR count). The number of guanidine groups is 1. The number of aliphatic hydroxyl groups is 1. The number of carboxylic acid groups (broad SMARTS) is 1. The van der Waals surface area contributed by atoms with Gasteiger partial charge in [0.2, 0.25) is 41.4 Å². The van der Waals surface area contributed by atoms with Crippen LogP contribution in [-0.2, 0) is 57.4 Å². The Balaban J connectivity index is -0.000000478. The van der Waals surface area contributed by atoms with E-state index in [1.807, 2.05) is 7.05 Å². The van der Waals surface area contributed by atoms with Gasteiger partial charge >= 0.3 is 5.97 Å². The number of aliphatic hydroxyl groups excluding tert-OH is 1. The van der Waals surface area contributed by atoms with Crippen LogP contribution in [0, 0.1) is 0 Å². The number of hydrogen-bond acceptors (Lipinski definition) is 17. The van der Waals surface area contributed by atoms with Gasteiger partial charge in [0.15, 0.2) is 5.96 Å². The molecule has 5 atom stereocenters. The number of nitrogens with zero attached hydrogens (tertiary/aromatic N) is 2. The lowest BCUT2D eigenvalue weighted by Gasteiger charge is -2.22. The molecule has 0 saturated heterocycles. The van der Waals surface area contributed by atoms with Crippen LogP contribution in [-0.4, -0.2) is 179 Å². The number of nitrogens with two attached hydrogens (primary N) is 6. The van der Waals surface area contributed by atoms with E-state index in [4.69, 9.17) is 53.5 Å². The van der Waals surface area contributed by atoms with E-state index in [1.165, 1.54) is 13.3 Å². The highest BCUT2D eigenvalue weighted by Gasteiger charge is 2.27. The molecule has 0 aromatic rings. The Bertz CT molecular complexity index is 1530. The number of rotatable bonds is 39. The molecule has 28 heteroatoms. The van der Waals surface area contributed by atoms with E-state index in [1.54, 1.807) is 0 Å². The molecule has 0 spiro atoms. The molecular weight excluding hydrogens is 937 g/mol. The third-order valence-corrected chi connectivity index (χ3v) is 8.71. The fraction of sp³-hybridized carbons (Fsp3) is 0.767. The number of ether oxygens (including phenoxy) is 3. The Labute approximate surface area is 417 Å². The molecule has 71 heavy (non-hydrogen) atoms. The highest BCUT2D eigenvalue weighted by atomic mass is 16.5. The first-order valence-corrected chi connectivity index (χ1v) is 23.5. The molecule has 0 saturated carbocycles. The van der Waals surface area contributed by atoms with Crippen LogP contribution in [0.4, 0.5) is 0 Å². The first-order valence-electron chi connectivity index (χ1n) is 23.5. The molecule has 412 valence electrons. The summed E-state index contributed by atoms with van der Waals surface area (Å²) >= 11 is 0. The van der Waals surface area contributed by atoms with E-state index in [2.05, 4.69) is 55.9 Å². The summed E-state index contributed by atoms with van der Waals surface area (Å²) < 4.78 is 16.0. The first-order chi connectivity index (χ1) is 33.7. The maximum atomic E-state index is 12.2. The van der Waals surface area contributed by atoms with Crippen molar-refractivity contribution in [2.75, 3.05) is 79.5 Å². The Morgan fingerprint density at radius 3 is 1.62 bits per heavy atom. The highest BCUT2D eigenvalue weighted by molar-refractivity contribution is 5.93. The zero-order valence-electron chi connectivity index (χ0n) is 42.4. The predicted octanol–water partition coefficient (Wildman–Crippen LogP) is -4.91. The first kappa shape index (κ1) is 71.6. The molecule has 7 amide bonds. The van der Waals surface area contributed by atoms with Crippen molar-refractivity contribution in [1.82, 2.24) is 31.9 Å². The summed E-state index contributed by atoms with van der Waals surface area (Å²) in [5, 5.41) is 36.6. The lowest BCUT2D eigenvalue weighted by atomic mass is 10.1. The molecule has 0 aromatic carbocycles. The van der Waals surface area contributed by atoms with Crippen LogP contribution in [0.3, 0.4) is 0 Å². The van der Waals surface area contributed by atoms with Gasteiger partial charge in [0.25, 0.3) is 0 Å². The average Bonchev–Trinajstić information content (AvgIpc) is 3.30. The second-order valence-electron chi connectivity index (χ2n) is 15.4. The van der Waals surface area contributed by atoms with E-state index in [9.17, 15) is 48.3 Å². The molecule has 28 nitrogen and oxygen atoms in total. The van der Waals surface area contributed by atoms with Crippen LogP contribution < -0.4 is 66.1 Å². The third-order valence-electron chi connectivity index (χ3n) is 8.71. The van der Waals surface area contributed by atoms with Crippen molar-refractivity contribution in [2.45, 2.75) is 135 Å². The summed E-state index contributed by atoms with van der Waals surface area (Å²) in [6.07, 6.45) is 6.01. The van der Waals surface area contributed by atoms with Gasteiger partial charge in [-0.2, -0.15) is 5.53 Å². The molecule has 0 heterocycles. The number of unbranched alkanes of at least 4 members (excludes halogenated alkanes) is 2. The zero-order valence-corrected chi connectivity index (χ0v) is 42.4. The molecule has 0 fully saturated rings. The summed E-state index contributed by atoms with van der Waals surface area (Å²) in [7, 11) is 1.87. The molecule has 4 unspecified atom stereocenters. The monoisotopic (exact) mass is 1020 g/mol. The second kappa shape index (κ2) is 50.4. The summed E-state index contributed by atoms with van der Waals surface area (Å²) in [6, 6.07) is -4.64. The summed E-state index contributed by atoms with van der Waals surface area (Å²) in [4.78, 5) is 106. The van der Waals surface area contributed by atoms with Crippen molar-refractivity contribution in [3.05, 3.63) is 0 Å². The molecule has 0 aliphatic carbocycles. The minimum absolute atomic E-state index is 0.00477. The summed E-state index contributed by atoms with van der Waals surface area (Å²) in [5.41, 5.74) is 31.0. The number of primary amides is 2. The predicted molar refractivity (Wildman–Crippen MR) is 262 cm³/mol. The van der Waals surface area contributed by atoms with Crippen LogP contribution in [0.25, 0.3) is 0 Å². The number of hydrogen-bond donors (Lipinski definition) is 14. The molecule has 20 N–H and O–H groups in total. The quantitative estimate of drug-likeness (QED) is 0.00902. The maximum absolute atomic E-state index is 12.2. The van der Waals surface area contributed by atoms with Crippen LogP contribution >= 0.6 is 0 Å². The fourth-order valence-electron chi connectivity index (χ4n) is 5.23. The maximum Gasteiger partial charge on any atom is 0.303 e. The molecule has 0 aliphatic rings. The lowest BCUT2D eigenvalue weighted by molar-refractivity contribution is -0.222. The van der Waals surface area contributed by atoms with Crippen molar-refractivity contribution >= 4 is 59.6 Å². The Hall–Kier alpha value is -5.94. The Morgan fingerprint density at radius 1 is 0.634 bits per heavy atom. The summed E-state index contributed by atoms with van der Waals surface area (Å²) in [6.45, 7) is 11.0. The second-order valence-corrected chi connectivity index (χ2v) is 15.4. The normalized spacial score (nSPS) is 12.3. The van der Waals surface area contributed by atoms with Gasteiger partial charge in [-0.25, -0.2) is 0 Å². The number of carbonyl (C=O) groups excluding carboxylic acids is 8. The number of aldehydes is 1. The van der Waals surface area contributed by atoms with Gasteiger partial charge in [0.05, 0.1) is 52.3 Å². The summed E-state index contributed by atoms with van der Waals surface area (Å²) in [5.74, 6) is -4.94. The van der Waals surface area contributed by atoms with Crippen LogP contribution in [0.1, 0.15) is 105 Å². The number of carbonyl (C=O) groups is 9. The molecular formula is C43H87N14O14+. The van der Waals surface area contributed by atoms with E-state index in [-0.39, 0.29) is 43.6 Å². The zero-order chi connectivity index (χ0) is 54.8. The highest BCUT2D eigenvalue weighted by Crippen LogP contribution is 2.04. The standard InChI is InChI=1S/C16H33N5O5.C16H28N4O7.C8H17N5O2.C3H8/c1-19-7-9-25-11-13-26-12-10-24-8-5-15(22)21-14(16(17)23)4-2-3-6-20-18;1-10(23)18-12(5-6-14(24)25)15(26)20-13(9-22)16(27)19-11(8-21)4-2-3-7-17;1-5(14)13-6(7(9)15)3-2-4-12-8(10)11;1-3-2/h14,18-19H,2-13H2,1H3,(H2,17,23)(H,21,22);8,11-13,22H,2-7,9,17H2,1H3,(H,18,23)(H,19,27)(H,20,26)(H,24,25);6H,2-4H2,1H3,(H2,9,15)(H,13,14)(H4,10,11,12);3H2,1-2H3/p+1/t;11?,12?,13-;;/m.0../s1. The number of aliphatic imine (C=N–C) groups is 1. The van der Waals surface area contributed by atoms with Gasteiger partial charge in [-0.15, -0.1) is 0 Å². The van der Waals surface area contributed by atoms with Crippen molar-refractivity contribution in [3.8, 4) is 0 Å². The minimum Gasteiger partial charge on any atom is -0.481 e. The van der Waals surface area contributed by atoms with Crippen LogP contribution in [0.15, 0.2) is 10.1 Å². The topological polar surface area (TPSA) is 474 Å². The smallest absolute Gasteiger partial charge is 0.303 e. The molecule has 0 bridgehead atoms.